The van der Waals surface area contributed by atoms with Gasteiger partial charge in [-0.15, -0.1) is 0 Å². The van der Waals surface area contributed by atoms with Gasteiger partial charge in [-0.2, -0.15) is 0 Å². The molecule has 0 radical (unpaired) electrons. The lowest BCUT2D eigenvalue weighted by atomic mass is 10.1. The van der Waals surface area contributed by atoms with Crippen molar-refractivity contribution in [3.63, 3.8) is 0 Å². The predicted octanol–water partition coefficient (Wildman–Crippen LogP) is 4.50. The molecule has 1 heterocycles. The van der Waals surface area contributed by atoms with Crippen LogP contribution in [0.15, 0.2) is 54.6 Å². The molecule has 0 N–H and O–H groups in total. The van der Waals surface area contributed by atoms with Gasteiger partial charge in [0.2, 0.25) is 0 Å². The van der Waals surface area contributed by atoms with Gasteiger partial charge in [-0.1, -0.05) is 36.4 Å². The van der Waals surface area contributed by atoms with Gasteiger partial charge in [-0.05, 0) is 36.6 Å². The third-order valence-corrected chi connectivity index (χ3v) is 4.08. The molecule has 0 bridgehead atoms. The van der Waals surface area contributed by atoms with Gasteiger partial charge in [0.25, 0.3) is 0 Å². The maximum Gasteiger partial charge on any atom is 0.199 e. The highest BCUT2D eigenvalue weighted by Gasteiger charge is 2.19. The van der Waals surface area contributed by atoms with E-state index in [1.807, 2.05) is 30.3 Å². The minimum atomic E-state index is -0.314. The molecule has 25 heavy (non-hydrogen) atoms. The molecular weight excluding hydrogens is 316 g/mol. The number of benzene rings is 2. The number of hydrogen-bond donors (Lipinski definition) is 0. The van der Waals surface area contributed by atoms with Crippen LogP contribution in [0.2, 0.25) is 0 Å². The molecule has 130 valence electrons. The number of allylic oxidation sites excluding steroid dienone is 1. The molecule has 0 spiro atoms. The average Bonchev–Trinajstić information content (AvgIpc) is 2.67. The van der Waals surface area contributed by atoms with Crippen LogP contribution in [0.1, 0.15) is 35.2 Å². The Bertz CT molecular complexity index is 731. The minimum Gasteiger partial charge on any atom is -0.497 e. The second-order valence-corrected chi connectivity index (χ2v) is 5.88. The fraction of sp³-hybridized carbons (Fsp3) is 0.286. The highest BCUT2D eigenvalue weighted by molar-refractivity contribution is 6.08. The molecule has 2 aromatic rings. The number of carbonyl (C=O) groups is 1. The monoisotopic (exact) mass is 338 g/mol. The molecule has 1 unspecified atom stereocenters. The van der Waals surface area contributed by atoms with Crippen LogP contribution in [-0.2, 0) is 4.74 Å². The number of ketones is 1. The summed E-state index contributed by atoms with van der Waals surface area (Å²) in [4.78, 5) is 12.6. The summed E-state index contributed by atoms with van der Waals surface area (Å²) in [5.41, 5.74) is 1.48. The lowest BCUT2D eigenvalue weighted by molar-refractivity contribution is -0.106. The van der Waals surface area contributed by atoms with Crippen molar-refractivity contribution < 1.29 is 19.0 Å². The third kappa shape index (κ3) is 4.70. The Hall–Kier alpha value is -2.59. The van der Waals surface area contributed by atoms with Gasteiger partial charge in [-0.25, -0.2) is 0 Å². The van der Waals surface area contributed by atoms with E-state index in [4.69, 9.17) is 14.2 Å². The van der Waals surface area contributed by atoms with E-state index in [2.05, 4.69) is 0 Å². The number of ether oxygens (including phenoxy) is 3. The van der Waals surface area contributed by atoms with E-state index in [9.17, 15) is 4.79 Å². The average molecular weight is 338 g/mol. The van der Waals surface area contributed by atoms with Crippen LogP contribution in [0.3, 0.4) is 0 Å². The maximum atomic E-state index is 12.6. The molecule has 4 nitrogen and oxygen atoms in total. The van der Waals surface area contributed by atoms with E-state index in [1.165, 1.54) is 0 Å². The largest absolute Gasteiger partial charge is 0.497 e. The Morgan fingerprint density at radius 2 is 2.00 bits per heavy atom. The van der Waals surface area contributed by atoms with Crippen molar-refractivity contribution in [3.8, 4) is 11.5 Å². The van der Waals surface area contributed by atoms with Crippen LogP contribution in [0.5, 0.6) is 11.5 Å². The van der Waals surface area contributed by atoms with Crippen molar-refractivity contribution in [1.82, 2.24) is 0 Å². The summed E-state index contributed by atoms with van der Waals surface area (Å²) >= 11 is 0. The first kappa shape index (κ1) is 17.2. The Morgan fingerprint density at radius 3 is 2.72 bits per heavy atom. The van der Waals surface area contributed by atoms with Crippen molar-refractivity contribution in [2.24, 2.45) is 0 Å². The first-order chi connectivity index (χ1) is 12.3. The number of carbonyl (C=O) groups excluding carboxylic acids is 1. The van der Waals surface area contributed by atoms with E-state index in [-0.39, 0.29) is 12.1 Å². The highest BCUT2D eigenvalue weighted by Crippen LogP contribution is 2.28. The Morgan fingerprint density at radius 1 is 1.16 bits per heavy atom. The van der Waals surface area contributed by atoms with Gasteiger partial charge in [0.05, 0.1) is 19.3 Å². The normalized spacial score (nSPS) is 17.4. The molecule has 0 aromatic heterocycles. The van der Waals surface area contributed by atoms with Gasteiger partial charge in [-0.3, -0.25) is 4.79 Å². The van der Waals surface area contributed by atoms with Crippen LogP contribution >= 0.6 is 0 Å². The Balaban J connectivity index is 1.81. The molecular formula is C21H22O4. The summed E-state index contributed by atoms with van der Waals surface area (Å²) < 4.78 is 16.8. The van der Waals surface area contributed by atoms with E-state index in [0.717, 1.165) is 24.8 Å². The summed E-state index contributed by atoms with van der Waals surface area (Å²) in [7, 11) is 1.59. The first-order valence-electron chi connectivity index (χ1n) is 8.50. The molecule has 1 saturated heterocycles. The standard InChI is InChI=1S/C21H22O4/c1-23-17-11-12-18(19(22)13-10-16-7-3-2-4-8-16)20(15-17)25-21-9-5-6-14-24-21/h2-4,7-8,10-13,15,21H,5-6,9,14H2,1H3/b13-10+. The zero-order valence-electron chi connectivity index (χ0n) is 14.3. The molecule has 1 aliphatic heterocycles. The predicted molar refractivity (Wildman–Crippen MR) is 97.0 cm³/mol. The van der Waals surface area contributed by atoms with Gasteiger partial charge in [0.15, 0.2) is 12.1 Å². The van der Waals surface area contributed by atoms with Crippen molar-refractivity contribution in [1.29, 1.82) is 0 Å². The summed E-state index contributed by atoms with van der Waals surface area (Å²) in [5.74, 6) is 1.03. The van der Waals surface area contributed by atoms with Crippen LogP contribution in [0.4, 0.5) is 0 Å². The van der Waals surface area contributed by atoms with Crippen LogP contribution in [0.25, 0.3) is 6.08 Å². The smallest absolute Gasteiger partial charge is 0.199 e. The van der Waals surface area contributed by atoms with E-state index >= 15 is 0 Å². The van der Waals surface area contributed by atoms with Gasteiger partial charge in [0, 0.05) is 12.5 Å². The molecule has 0 aliphatic carbocycles. The first-order valence-corrected chi connectivity index (χ1v) is 8.50. The van der Waals surface area contributed by atoms with Crippen molar-refractivity contribution in [2.45, 2.75) is 25.6 Å². The number of hydrogen-bond acceptors (Lipinski definition) is 4. The zero-order chi connectivity index (χ0) is 17.5. The van der Waals surface area contributed by atoms with Crippen LogP contribution < -0.4 is 9.47 Å². The van der Waals surface area contributed by atoms with Crippen LogP contribution in [-0.4, -0.2) is 25.8 Å². The molecule has 1 aliphatic rings. The molecule has 0 amide bonds. The fourth-order valence-corrected chi connectivity index (χ4v) is 2.70. The number of rotatable bonds is 6. The molecule has 0 saturated carbocycles. The maximum absolute atomic E-state index is 12.6. The van der Waals surface area contributed by atoms with E-state index in [1.54, 1.807) is 37.5 Å². The SMILES string of the molecule is COc1ccc(C(=O)/C=C/c2ccccc2)c(OC2CCCCO2)c1. The minimum absolute atomic E-state index is 0.114. The zero-order valence-corrected chi connectivity index (χ0v) is 14.3. The fourth-order valence-electron chi connectivity index (χ4n) is 2.70. The van der Waals surface area contributed by atoms with Gasteiger partial charge < -0.3 is 14.2 Å². The summed E-state index contributed by atoms with van der Waals surface area (Å²) in [5, 5.41) is 0. The summed E-state index contributed by atoms with van der Waals surface area (Å²) in [6.45, 7) is 0.686. The summed E-state index contributed by atoms with van der Waals surface area (Å²) in [6.07, 6.45) is 5.98. The van der Waals surface area contributed by atoms with Gasteiger partial charge in [0.1, 0.15) is 11.5 Å². The Labute approximate surface area is 148 Å². The van der Waals surface area contributed by atoms with Gasteiger partial charge >= 0.3 is 0 Å². The summed E-state index contributed by atoms with van der Waals surface area (Å²) in [6, 6.07) is 14.9. The quantitative estimate of drug-likeness (QED) is 0.575. The third-order valence-electron chi connectivity index (χ3n) is 4.08. The van der Waals surface area contributed by atoms with E-state index in [0.29, 0.717) is 23.7 Å². The number of methoxy groups -OCH3 is 1. The van der Waals surface area contributed by atoms with Crippen molar-refractivity contribution in [2.75, 3.05) is 13.7 Å². The lowest BCUT2D eigenvalue weighted by Crippen LogP contribution is -2.25. The molecule has 1 fully saturated rings. The molecule has 4 heteroatoms. The molecule has 2 aromatic carbocycles. The lowest BCUT2D eigenvalue weighted by Gasteiger charge is -2.24. The molecule has 3 rings (SSSR count). The Kier molecular flexibility index (Phi) is 5.86. The second-order valence-electron chi connectivity index (χ2n) is 5.88. The second kappa shape index (κ2) is 8.49. The highest BCUT2D eigenvalue weighted by atomic mass is 16.7. The molecule has 1 atom stereocenters. The van der Waals surface area contributed by atoms with E-state index < -0.39 is 0 Å². The topological polar surface area (TPSA) is 44.8 Å². The van der Waals surface area contributed by atoms with Crippen LogP contribution in [0, 0.1) is 0 Å². The van der Waals surface area contributed by atoms with Crippen molar-refractivity contribution in [3.05, 3.63) is 65.7 Å². The van der Waals surface area contributed by atoms with Crippen molar-refractivity contribution >= 4 is 11.9 Å².